The van der Waals surface area contributed by atoms with Gasteiger partial charge in [0.2, 0.25) is 0 Å². The lowest BCUT2D eigenvalue weighted by Gasteiger charge is -2.34. The molecule has 6 nitrogen and oxygen atoms in total. The molecule has 0 unspecified atom stereocenters. The molecule has 1 fully saturated rings. The predicted octanol–water partition coefficient (Wildman–Crippen LogP) is 3.33. The highest BCUT2D eigenvalue weighted by Crippen LogP contribution is 2.29. The fourth-order valence-electron chi connectivity index (χ4n) is 3.82. The Morgan fingerprint density at radius 3 is 2.13 bits per heavy atom. The number of ether oxygens (including phenoxy) is 2. The van der Waals surface area contributed by atoms with Crippen molar-refractivity contribution in [3.05, 3.63) is 71.8 Å². The smallest absolute Gasteiger partial charge is 0.303 e. The quantitative estimate of drug-likeness (QED) is 0.468. The molecule has 0 aromatic heterocycles. The van der Waals surface area contributed by atoms with E-state index in [0.29, 0.717) is 6.54 Å². The van der Waals surface area contributed by atoms with Crippen LogP contribution in [0, 0.1) is 0 Å². The Bertz CT molecular complexity index is 765. The lowest BCUT2D eigenvalue weighted by molar-refractivity contribution is -0.146. The zero-order chi connectivity index (χ0) is 21.9. The van der Waals surface area contributed by atoms with Gasteiger partial charge in [-0.1, -0.05) is 60.7 Å². The van der Waals surface area contributed by atoms with Crippen LogP contribution >= 0.6 is 0 Å². The standard InChI is InChI=1S/C25H32N2O4/c1-20(28)30-19-24(29)26-15-8-16-27-17-13-23(14-18-27)31-25(21-9-4-2-5-10-21)22-11-6-3-7-12-22/h2-7,9-12,23,25H,8,13-19H2,1H3,(H,26,29). The van der Waals surface area contributed by atoms with Gasteiger partial charge in [0.1, 0.15) is 6.10 Å². The average molecular weight is 425 g/mol. The van der Waals surface area contributed by atoms with Crippen LogP contribution in [0.5, 0.6) is 0 Å². The molecule has 0 saturated carbocycles. The van der Waals surface area contributed by atoms with E-state index in [2.05, 4.69) is 63.5 Å². The van der Waals surface area contributed by atoms with E-state index >= 15 is 0 Å². The largest absolute Gasteiger partial charge is 0.456 e. The molecular formula is C25H32N2O4. The highest BCUT2D eigenvalue weighted by atomic mass is 16.5. The van der Waals surface area contributed by atoms with Crippen LogP contribution in [-0.2, 0) is 19.1 Å². The van der Waals surface area contributed by atoms with Crippen molar-refractivity contribution >= 4 is 11.9 Å². The first-order valence-corrected chi connectivity index (χ1v) is 11.0. The third-order valence-electron chi connectivity index (χ3n) is 5.45. The predicted molar refractivity (Wildman–Crippen MR) is 120 cm³/mol. The molecule has 2 aromatic rings. The summed E-state index contributed by atoms with van der Waals surface area (Å²) < 4.78 is 11.3. The fourth-order valence-corrected chi connectivity index (χ4v) is 3.82. The Hall–Kier alpha value is -2.70. The van der Waals surface area contributed by atoms with E-state index in [1.54, 1.807) is 0 Å². The van der Waals surface area contributed by atoms with Gasteiger partial charge >= 0.3 is 5.97 Å². The number of likely N-dealkylation sites (tertiary alicyclic amines) is 1. The number of nitrogens with zero attached hydrogens (tertiary/aromatic N) is 1. The molecule has 0 aliphatic carbocycles. The number of carbonyl (C=O) groups is 2. The summed E-state index contributed by atoms with van der Waals surface area (Å²) in [6.07, 6.45) is 3.04. The van der Waals surface area contributed by atoms with E-state index < -0.39 is 5.97 Å². The van der Waals surface area contributed by atoms with E-state index in [4.69, 9.17) is 4.74 Å². The van der Waals surface area contributed by atoms with Gasteiger partial charge in [0.25, 0.3) is 5.91 Å². The summed E-state index contributed by atoms with van der Waals surface area (Å²) in [6, 6.07) is 20.8. The zero-order valence-corrected chi connectivity index (χ0v) is 18.2. The van der Waals surface area contributed by atoms with Gasteiger partial charge in [0.05, 0.1) is 6.10 Å². The van der Waals surface area contributed by atoms with Crippen LogP contribution in [-0.4, -0.2) is 55.7 Å². The van der Waals surface area contributed by atoms with Crippen LogP contribution < -0.4 is 5.32 Å². The van der Waals surface area contributed by atoms with Gasteiger partial charge in [-0.3, -0.25) is 9.59 Å². The van der Waals surface area contributed by atoms with Crippen LogP contribution in [0.25, 0.3) is 0 Å². The van der Waals surface area contributed by atoms with E-state index in [0.717, 1.165) is 38.9 Å². The van der Waals surface area contributed by atoms with Crippen LogP contribution in [0.3, 0.4) is 0 Å². The van der Waals surface area contributed by atoms with Crippen molar-refractivity contribution in [1.29, 1.82) is 0 Å². The maximum absolute atomic E-state index is 11.6. The molecule has 166 valence electrons. The first-order valence-electron chi connectivity index (χ1n) is 11.0. The molecule has 2 aromatic carbocycles. The molecular weight excluding hydrogens is 392 g/mol. The SMILES string of the molecule is CC(=O)OCC(=O)NCCCN1CCC(OC(c2ccccc2)c2ccccc2)CC1. The van der Waals surface area contributed by atoms with Crippen molar-refractivity contribution in [3.8, 4) is 0 Å². The summed E-state index contributed by atoms with van der Waals surface area (Å²) in [7, 11) is 0. The Morgan fingerprint density at radius 2 is 1.58 bits per heavy atom. The van der Waals surface area contributed by atoms with Gasteiger partial charge in [-0.2, -0.15) is 0 Å². The first-order chi connectivity index (χ1) is 15.1. The normalized spacial score (nSPS) is 15.0. The molecule has 1 saturated heterocycles. The van der Waals surface area contributed by atoms with Crippen molar-refractivity contribution in [2.24, 2.45) is 0 Å². The maximum Gasteiger partial charge on any atom is 0.303 e. The number of benzene rings is 2. The van der Waals surface area contributed by atoms with Gasteiger partial charge in [-0.05, 0) is 36.9 Å². The van der Waals surface area contributed by atoms with Crippen LogP contribution in [0.4, 0.5) is 0 Å². The molecule has 0 spiro atoms. The summed E-state index contributed by atoms with van der Waals surface area (Å²) in [5.41, 5.74) is 2.36. The molecule has 1 heterocycles. The summed E-state index contributed by atoms with van der Waals surface area (Å²) >= 11 is 0. The first kappa shape index (κ1) is 23.0. The van der Waals surface area contributed by atoms with E-state index in [1.807, 2.05) is 12.1 Å². The number of hydrogen-bond acceptors (Lipinski definition) is 5. The van der Waals surface area contributed by atoms with Crippen LogP contribution in [0.15, 0.2) is 60.7 Å². The molecule has 0 radical (unpaired) electrons. The molecule has 0 bridgehead atoms. The number of amides is 1. The van der Waals surface area contributed by atoms with Crippen molar-refractivity contribution in [2.45, 2.75) is 38.4 Å². The second kappa shape index (κ2) is 12.2. The molecule has 1 aliphatic heterocycles. The summed E-state index contributed by atoms with van der Waals surface area (Å²) in [5, 5.41) is 2.78. The van der Waals surface area contributed by atoms with Gasteiger partial charge in [0, 0.05) is 26.6 Å². The Morgan fingerprint density at radius 1 is 1.00 bits per heavy atom. The van der Waals surface area contributed by atoms with Crippen LogP contribution in [0.1, 0.15) is 43.4 Å². The number of rotatable bonds is 10. The van der Waals surface area contributed by atoms with E-state index in [1.165, 1.54) is 18.1 Å². The molecule has 1 aliphatic rings. The highest BCUT2D eigenvalue weighted by Gasteiger charge is 2.24. The lowest BCUT2D eigenvalue weighted by Crippen LogP contribution is -2.39. The Kier molecular flexibility index (Phi) is 9.06. The summed E-state index contributed by atoms with van der Waals surface area (Å²) in [6.45, 7) is 4.58. The zero-order valence-electron chi connectivity index (χ0n) is 18.2. The fraction of sp³-hybridized carbons (Fsp3) is 0.440. The van der Waals surface area contributed by atoms with Gasteiger partial charge in [-0.25, -0.2) is 0 Å². The molecule has 3 rings (SSSR count). The monoisotopic (exact) mass is 424 g/mol. The number of hydrogen-bond donors (Lipinski definition) is 1. The minimum Gasteiger partial charge on any atom is -0.456 e. The molecule has 1 amide bonds. The topological polar surface area (TPSA) is 67.9 Å². The Balaban J connectivity index is 1.41. The summed E-state index contributed by atoms with van der Waals surface area (Å²) in [5.74, 6) is -0.697. The second-order valence-electron chi connectivity index (χ2n) is 7.86. The molecule has 1 N–H and O–H groups in total. The molecule has 6 heteroatoms. The van der Waals surface area contributed by atoms with E-state index in [9.17, 15) is 9.59 Å². The van der Waals surface area contributed by atoms with Crippen LogP contribution in [0.2, 0.25) is 0 Å². The highest BCUT2D eigenvalue weighted by molar-refractivity contribution is 5.79. The van der Waals surface area contributed by atoms with E-state index in [-0.39, 0.29) is 24.7 Å². The van der Waals surface area contributed by atoms with Gasteiger partial charge < -0.3 is 19.7 Å². The van der Waals surface area contributed by atoms with Crippen molar-refractivity contribution in [2.75, 3.05) is 32.8 Å². The lowest BCUT2D eigenvalue weighted by atomic mass is 10.00. The second-order valence-corrected chi connectivity index (χ2v) is 7.86. The minimum atomic E-state index is -0.443. The molecule has 0 atom stereocenters. The third-order valence-corrected chi connectivity index (χ3v) is 5.45. The number of nitrogens with one attached hydrogen (secondary N) is 1. The van der Waals surface area contributed by atoms with Crippen molar-refractivity contribution < 1.29 is 19.1 Å². The number of piperidine rings is 1. The summed E-state index contributed by atoms with van der Waals surface area (Å²) in [4.78, 5) is 24.7. The van der Waals surface area contributed by atoms with Crippen molar-refractivity contribution in [3.63, 3.8) is 0 Å². The third kappa shape index (κ3) is 7.81. The molecule has 31 heavy (non-hydrogen) atoms. The minimum absolute atomic E-state index is 0.0496. The Labute approximate surface area is 184 Å². The van der Waals surface area contributed by atoms with Gasteiger partial charge in [0.15, 0.2) is 6.61 Å². The number of esters is 1. The average Bonchev–Trinajstić information content (AvgIpc) is 2.81. The van der Waals surface area contributed by atoms with Crippen molar-refractivity contribution in [1.82, 2.24) is 10.2 Å². The number of carbonyl (C=O) groups excluding carboxylic acids is 2. The maximum atomic E-state index is 11.6. The van der Waals surface area contributed by atoms with Gasteiger partial charge in [-0.15, -0.1) is 0 Å².